The number of carboxylic acid groups (broad SMARTS) is 1. The van der Waals surface area contributed by atoms with Gasteiger partial charge in [-0.1, -0.05) is 26.7 Å². The topological polar surface area (TPSA) is 92.4 Å². The predicted molar refractivity (Wildman–Crippen MR) is 64.4 cm³/mol. The average Bonchev–Trinajstić information content (AvgIpc) is 2.24. The van der Waals surface area contributed by atoms with E-state index in [1.807, 2.05) is 13.8 Å². The van der Waals surface area contributed by atoms with Gasteiger partial charge in [0.1, 0.15) is 0 Å². The zero-order valence-electron chi connectivity index (χ0n) is 10.5. The van der Waals surface area contributed by atoms with Crippen LogP contribution >= 0.6 is 0 Å². The molecule has 0 heterocycles. The second-order valence-electron chi connectivity index (χ2n) is 5.07. The van der Waals surface area contributed by atoms with Gasteiger partial charge >= 0.3 is 5.97 Å². The Morgan fingerprint density at radius 2 is 2.06 bits per heavy atom. The molecule has 2 unspecified atom stereocenters. The monoisotopic (exact) mass is 242 g/mol. The number of carbonyl (C=O) groups is 2. The molecule has 0 saturated heterocycles. The van der Waals surface area contributed by atoms with Crippen molar-refractivity contribution < 1.29 is 14.7 Å². The fourth-order valence-corrected chi connectivity index (χ4v) is 1.96. The molecule has 5 nitrogen and oxygen atoms in total. The van der Waals surface area contributed by atoms with Crippen LogP contribution in [0.4, 0.5) is 0 Å². The summed E-state index contributed by atoms with van der Waals surface area (Å²) in [6.45, 7) is 4.09. The van der Waals surface area contributed by atoms with Gasteiger partial charge in [-0.15, -0.1) is 0 Å². The van der Waals surface area contributed by atoms with E-state index in [9.17, 15) is 9.59 Å². The number of hydrogen-bond donors (Lipinski definition) is 3. The zero-order valence-corrected chi connectivity index (χ0v) is 10.5. The van der Waals surface area contributed by atoms with E-state index in [1.54, 1.807) is 0 Å². The Morgan fingerprint density at radius 1 is 1.47 bits per heavy atom. The molecular formula is C12H22N2O3. The molecule has 0 spiro atoms. The van der Waals surface area contributed by atoms with Gasteiger partial charge in [-0.25, -0.2) is 0 Å². The fourth-order valence-electron chi connectivity index (χ4n) is 1.96. The summed E-state index contributed by atoms with van der Waals surface area (Å²) in [4.78, 5) is 22.8. The van der Waals surface area contributed by atoms with Gasteiger partial charge in [0.25, 0.3) is 0 Å². The van der Waals surface area contributed by atoms with Gasteiger partial charge in [0.15, 0.2) is 0 Å². The van der Waals surface area contributed by atoms with Crippen LogP contribution < -0.4 is 11.1 Å². The lowest BCUT2D eigenvalue weighted by atomic mass is 9.68. The minimum absolute atomic E-state index is 0.108. The first-order chi connectivity index (χ1) is 7.93. The van der Waals surface area contributed by atoms with Crippen LogP contribution in [0.15, 0.2) is 0 Å². The third-order valence-electron chi connectivity index (χ3n) is 3.93. The van der Waals surface area contributed by atoms with Crippen LogP contribution in [-0.4, -0.2) is 29.6 Å². The SMILES string of the molecule is CCC(C)C(N)C(=O)NCC1(C(=O)O)CCC1. The Bertz CT molecular complexity index is 300. The van der Waals surface area contributed by atoms with E-state index in [2.05, 4.69) is 5.32 Å². The standard InChI is InChI=1S/C12H22N2O3/c1-3-8(2)9(13)10(15)14-7-12(11(16)17)5-4-6-12/h8-9H,3-7,13H2,1-2H3,(H,14,15)(H,16,17). The molecule has 0 aromatic heterocycles. The molecule has 1 rings (SSSR count). The largest absolute Gasteiger partial charge is 0.481 e. The highest BCUT2D eigenvalue weighted by Gasteiger charge is 2.44. The Morgan fingerprint density at radius 3 is 2.41 bits per heavy atom. The molecule has 0 aliphatic heterocycles. The van der Waals surface area contributed by atoms with Crippen molar-refractivity contribution in [2.24, 2.45) is 17.1 Å². The number of amides is 1. The van der Waals surface area contributed by atoms with Crippen LogP contribution in [0.1, 0.15) is 39.5 Å². The summed E-state index contributed by atoms with van der Waals surface area (Å²) in [6, 6.07) is -0.550. The Hall–Kier alpha value is -1.10. The molecule has 0 aromatic carbocycles. The minimum Gasteiger partial charge on any atom is -0.481 e. The third kappa shape index (κ3) is 2.97. The highest BCUT2D eigenvalue weighted by Crippen LogP contribution is 2.40. The fraction of sp³-hybridized carbons (Fsp3) is 0.833. The normalized spacial score (nSPS) is 21.1. The maximum atomic E-state index is 11.7. The van der Waals surface area contributed by atoms with E-state index in [0.717, 1.165) is 12.8 Å². The molecular weight excluding hydrogens is 220 g/mol. The summed E-state index contributed by atoms with van der Waals surface area (Å²) in [5.41, 5.74) is 5.03. The first kappa shape index (κ1) is 14.0. The molecule has 2 atom stereocenters. The molecule has 1 aliphatic carbocycles. The van der Waals surface area contributed by atoms with E-state index in [4.69, 9.17) is 10.8 Å². The smallest absolute Gasteiger partial charge is 0.311 e. The average molecular weight is 242 g/mol. The van der Waals surface area contributed by atoms with E-state index in [1.165, 1.54) is 0 Å². The van der Waals surface area contributed by atoms with Gasteiger partial charge in [-0.3, -0.25) is 9.59 Å². The zero-order chi connectivity index (χ0) is 13.1. The van der Waals surface area contributed by atoms with Gasteiger partial charge < -0.3 is 16.2 Å². The third-order valence-corrected chi connectivity index (χ3v) is 3.93. The number of rotatable bonds is 6. The molecule has 4 N–H and O–H groups in total. The summed E-state index contributed by atoms with van der Waals surface area (Å²) in [6.07, 6.45) is 3.03. The van der Waals surface area contributed by atoms with Crippen molar-refractivity contribution in [3.63, 3.8) is 0 Å². The van der Waals surface area contributed by atoms with Crippen LogP contribution in [0, 0.1) is 11.3 Å². The van der Waals surface area contributed by atoms with Crippen molar-refractivity contribution in [1.82, 2.24) is 5.32 Å². The van der Waals surface area contributed by atoms with E-state index in [0.29, 0.717) is 12.8 Å². The second-order valence-corrected chi connectivity index (χ2v) is 5.07. The molecule has 98 valence electrons. The Balaban J connectivity index is 2.45. The predicted octanol–water partition coefficient (Wildman–Crippen LogP) is 0.731. The van der Waals surface area contributed by atoms with Crippen LogP contribution in [0.5, 0.6) is 0 Å². The number of nitrogens with two attached hydrogens (primary N) is 1. The number of hydrogen-bond acceptors (Lipinski definition) is 3. The molecule has 1 aliphatic rings. The molecule has 5 heteroatoms. The van der Waals surface area contributed by atoms with Gasteiger partial charge in [-0.05, 0) is 18.8 Å². The minimum atomic E-state index is -0.818. The first-order valence-electron chi connectivity index (χ1n) is 6.19. The molecule has 0 aromatic rings. The highest BCUT2D eigenvalue weighted by molar-refractivity contribution is 5.83. The molecule has 1 fully saturated rings. The van der Waals surface area contributed by atoms with E-state index in [-0.39, 0.29) is 18.4 Å². The second kappa shape index (κ2) is 5.49. The number of aliphatic carboxylic acids is 1. The van der Waals surface area contributed by atoms with Gasteiger partial charge in [0.2, 0.25) is 5.91 Å². The summed E-state index contributed by atoms with van der Waals surface area (Å²) in [5.74, 6) is -0.954. The lowest BCUT2D eigenvalue weighted by molar-refractivity contribution is -0.154. The first-order valence-corrected chi connectivity index (χ1v) is 6.19. The van der Waals surface area contributed by atoms with Crippen LogP contribution in [0.3, 0.4) is 0 Å². The Labute approximate surface area is 102 Å². The Kier molecular flexibility index (Phi) is 4.51. The highest BCUT2D eigenvalue weighted by atomic mass is 16.4. The van der Waals surface area contributed by atoms with Crippen molar-refractivity contribution in [2.75, 3.05) is 6.54 Å². The van der Waals surface area contributed by atoms with Gasteiger partial charge in [0, 0.05) is 6.54 Å². The lowest BCUT2D eigenvalue weighted by Crippen LogP contribution is -2.52. The van der Waals surface area contributed by atoms with E-state index >= 15 is 0 Å². The summed E-state index contributed by atoms with van der Waals surface area (Å²) in [5, 5.41) is 11.8. The van der Waals surface area contributed by atoms with Crippen molar-refractivity contribution in [3.8, 4) is 0 Å². The number of carbonyl (C=O) groups excluding carboxylic acids is 1. The van der Waals surface area contributed by atoms with Gasteiger partial charge in [-0.2, -0.15) is 0 Å². The quantitative estimate of drug-likeness (QED) is 0.640. The van der Waals surface area contributed by atoms with E-state index < -0.39 is 17.4 Å². The maximum Gasteiger partial charge on any atom is 0.311 e. The van der Waals surface area contributed by atoms with Gasteiger partial charge in [0.05, 0.1) is 11.5 Å². The van der Waals surface area contributed by atoms with Crippen LogP contribution in [-0.2, 0) is 9.59 Å². The molecule has 0 radical (unpaired) electrons. The lowest BCUT2D eigenvalue weighted by Gasteiger charge is -2.37. The summed E-state index contributed by atoms with van der Waals surface area (Å²) >= 11 is 0. The number of carboxylic acids is 1. The van der Waals surface area contributed by atoms with Crippen LogP contribution in [0.25, 0.3) is 0 Å². The molecule has 1 amide bonds. The van der Waals surface area contributed by atoms with Crippen molar-refractivity contribution >= 4 is 11.9 Å². The molecule has 0 bridgehead atoms. The van der Waals surface area contributed by atoms with Crippen molar-refractivity contribution in [3.05, 3.63) is 0 Å². The molecule has 1 saturated carbocycles. The summed E-state index contributed by atoms with van der Waals surface area (Å²) in [7, 11) is 0. The van der Waals surface area contributed by atoms with Crippen molar-refractivity contribution in [2.45, 2.75) is 45.6 Å². The summed E-state index contributed by atoms with van der Waals surface area (Å²) < 4.78 is 0. The number of nitrogens with one attached hydrogen (secondary N) is 1. The van der Waals surface area contributed by atoms with Crippen LogP contribution in [0.2, 0.25) is 0 Å². The molecule has 17 heavy (non-hydrogen) atoms. The van der Waals surface area contributed by atoms with Crippen molar-refractivity contribution in [1.29, 1.82) is 0 Å². The maximum absolute atomic E-state index is 11.7.